The molecule has 0 saturated heterocycles. The minimum absolute atomic E-state index is 0.0919. The standard InChI is InChI=1S/C20H22N6OS/c27-20(14-28-18-5-7-21-8-6-18)25-16-1-3-17(4-2-16)26-13-15(11-24-26)19-12-22-9-10-23-19/h5-13,16-17H,1-4,14H2,(H,25,27). The Kier molecular flexibility index (Phi) is 5.96. The fourth-order valence-corrected chi connectivity index (χ4v) is 4.15. The van der Waals surface area contributed by atoms with Gasteiger partial charge in [0, 0.05) is 47.5 Å². The Labute approximate surface area is 168 Å². The summed E-state index contributed by atoms with van der Waals surface area (Å²) in [5, 5.41) is 7.69. The van der Waals surface area contributed by atoms with Crippen molar-refractivity contribution in [2.75, 3.05) is 5.75 Å². The van der Waals surface area contributed by atoms with Gasteiger partial charge in [-0.15, -0.1) is 11.8 Å². The van der Waals surface area contributed by atoms with Crippen LogP contribution in [0.3, 0.4) is 0 Å². The Morgan fingerprint density at radius 2 is 1.89 bits per heavy atom. The number of amides is 1. The second-order valence-corrected chi connectivity index (χ2v) is 7.89. The van der Waals surface area contributed by atoms with Gasteiger partial charge >= 0.3 is 0 Å². The zero-order chi connectivity index (χ0) is 19.2. The molecule has 0 aromatic carbocycles. The third kappa shape index (κ3) is 4.75. The molecular formula is C20H22N6OS. The normalized spacial score (nSPS) is 19.3. The minimum Gasteiger partial charge on any atom is -0.353 e. The van der Waals surface area contributed by atoms with Gasteiger partial charge in [0.05, 0.1) is 29.9 Å². The highest BCUT2D eigenvalue weighted by molar-refractivity contribution is 8.00. The molecule has 0 atom stereocenters. The maximum Gasteiger partial charge on any atom is 0.230 e. The molecule has 0 unspecified atom stereocenters. The largest absolute Gasteiger partial charge is 0.353 e. The van der Waals surface area contributed by atoms with E-state index in [4.69, 9.17) is 0 Å². The van der Waals surface area contributed by atoms with Crippen molar-refractivity contribution >= 4 is 17.7 Å². The topological polar surface area (TPSA) is 85.6 Å². The van der Waals surface area contributed by atoms with E-state index in [1.807, 2.05) is 29.2 Å². The van der Waals surface area contributed by atoms with Crippen LogP contribution in [0.15, 0.2) is 60.4 Å². The van der Waals surface area contributed by atoms with Gasteiger partial charge in [-0.25, -0.2) is 0 Å². The van der Waals surface area contributed by atoms with Crippen LogP contribution >= 0.6 is 11.8 Å². The summed E-state index contributed by atoms with van der Waals surface area (Å²) >= 11 is 1.54. The Morgan fingerprint density at radius 1 is 1.07 bits per heavy atom. The first kappa shape index (κ1) is 18.6. The predicted octanol–water partition coefficient (Wildman–Crippen LogP) is 3.13. The summed E-state index contributed by atoms with van der Waals surface area (Å²) in [5.74, 6) is 0.527. The first-order chi connectivity index (χ1) is 13.8. The number of aromatic nitrogens is 5. The molecule has 3 aromatic rings. The molecule has 0 aliphatic heterocycles. The lowest BCUT2D eigenvalue weighted by Crippen LogP contribution is -2.38. The first-order valence-corrected chi connectivity index (χ1v) is 10.4. The van der Waals surface area contributed by atoms with Crippen molar-refractivity contribution in [3.8, 4) is 11.3 Å². The Morgan fingerprint density at radius 3 is 2.64 bits per heavy atom. The molecule has 28 heavy (non-hydrogen) atoms. The number of hydrogen-bond acceptors (Lipinski definition) is 6. The van der Waals surface area contributed by atoms with Gasteiger partial charge in [0.2, 0.25) is 5.91 Å². The van der Waals surface area contributed by atoms with Gasteiger partial charge in [-0.05, 0) is 37.8 Å². The molecule has 3 heterocycles. The van der Waals surface area contributed by atoms with Crippen molar-refractivity contribution in [2.45, 2.75) is 42.7 Å². The van der Waals surface area contributed by atoms with E-state index < -0.39 is 0 Å². The Bertz CT molecular complexity index is 893. The number of nitrogens with zero attached hydrogens (tertiary/aromatic N) is 5. The molecule has 1 aliphatic carbocycles. The maximum atomic E-state index is 12.2. The van der Waals surface area contributed by atoms with E-state index in [0.717, 1.165) is 41.8 Å². The number of nitrogens with one attached hydrogen (secondary N) is 1. The molecule has 1 fully saturated rings. The second-order valence-electron chi connectivity index (χ2n) is 6.84. The number of rotatable bonds is 6. The number of hydrogen-bond donors (Lipinski definition) is 1. The highest BCUT2D eigenvalue weighted by Crippen LogP contribution is 2.29. The minimum atomic E-state index is 0.0919. The predicted molar refractivity (Wildman–Crippen MR) is 108 cm³/mol. The zero-order valence-electron chi connectivity index (χ0n) is 15.4. The van der Waals surface area contributed by atoms with Crippen LogP contribution in [0.25, 0.3) is 11.3 Å². The third-order valence-corrected chi connectivity index (χ3v) is 5.93. The van der Waals surface area contributed by atoms with Gasteiger partial charge in [0.25, 0.3) is 0 Å². The highest BCUT2D eigenvalue weighted by atomic mass is 32.2. The average molecular weight is 395 g/mol. The van der Waals surface area contributed by atoms with Crippen LogP contribution in [-0.4, -0.2) is 42.4 Å². The molecule has 1 saturated carbocycles. The summed E-state index contributed by atoms with van der Waals surface area (Å²) in [4.78, 5) is 25.7. The van der Waals surface area contributed by atoms with E-state index in [1.54, 1.807) is 31.0 Å². The van der Waals surface area contributed by atoms with E-state index in [0.29, 0.717) is 11.8 Å². The smallest absolute Gasteiger partial charge is 0.230 e. The van der Waals surface area contributed by atoms with E-state index in [-0.39, 0.29) is 11.9 Å². The van der Waals surface area contributed by atoms with Gasteiger partial charge < -0.3 is 5.32 Å². The van der Waals surface area contributed by atoms with Crippen LogP contribution in [0, 0.1) is 0 Å². The number of thioether (sulfide) groups is 1. The van der Waals surface area contributed by atoms with E-state index >= 15 is 0 Å². The van der Waals surface area contributed by atoms with Crippen LogP contribution in [0.1, 0.15) is 31.7 Å². The molecule has 0 bridgehead atoms. The van der Waals surface area contributed by atoms with Gasteiger partial charge in [0.1, 0.15) is 0 Å². The first-order valence-electron chi connectivity index (χ1n) is 9.40. The molecule has 3 aromatic heterocycles. The van der Waals surface area contributed by atoms with Gasteiger partial charge in [0.15, 0.2) is 0 Å². The molecule has 0 radical (unpaired) electrons. The molecule has 7 nitrogen and oxygen atoms in total. The fourth-order valence-electron chi connectivity index (χ4n) is 3.46. The summed E-state index contributed by atoms with van der Waals surface area (Å²) in [6, 6.07) is 4.45. The summed E-state index contributed by atoms with van der Waals surface area (Å²) < 4.78 is 2.03. The lowest BCUT2D eigenvalue weighted by atomic mass is 9.91. The van der Waals surface area contributed by atoms with Crippen molar-refractivity contribution in [3.05, 3.63) is 55.5 Å². The van der Waals surface area contributed by atoms with Crippen LogP contribution in [0.2, 0.25) is 0 Å². The molecule has 0 spiro atoms. The van der Waals surface area contributed by atoms with Gasteiger partial charge in [-0.2, -0.15) is 5.10 Å². The monoisotopic (exact) mass is 394 g/mol. The summed E-state index contributed by atoms with van der Waals surface area (Å²) in [7, 11) is 0. The van der Waals surface area contributed by atoms with Crippen LogP contribution < -0.4 is 5.32 Å². The summed E-state index contributed by atoms with van der Waals surface area (Å²) in [6.45, 7) is 0. The molecule has 1 amide bonds. The molecular weight excluding hydrogens is 372 g/mol. The van der Waals surface area contributed by atoms with Crippen molar-refractivity contribution in [2.24, 2.45) is 0 Å². The Balaban J connectivity index is 1.24. The van der Waals surface area contributed by atoms with Crippen LogP contribution in [0.4, 0.5) is 0 Å². The highest BCUT2D eigenvalue weighted by Gasteiger charge is 2.24. The number of carbonyl (C=O) groups excluding carboxylic acids is 1. The van der Waals surface area contributed by atoms with Crippen molar-refractivity contribution < 1.29 is 4.79 Å². The SMILES string of the molecule is O=C(CSc1ccncc1)NC1CCC(n2cc(-c3cnccn3)cn2)CC1. The summed E-state index contributed by atoms with van der Waals surface area (Å²) in [5.41, 5.74) is 1.82. The van der Waals surface area contributed by atoms with Crippen LogP contribution in [-0.2, 0) is 4.79 Å². The Hall–Kier alpha value is -2.74. The van der Waals surface area contributed by atoms with Crippen molar-refractivity contribution in [3.63, 3.8) is 0 Å². The molecule has 4 rings (SSSR count). The maximum absolute atomic E-state index is 12.2. The number of carbonyl (C=O) groups is 1. The summed E-state index contributed by atoms with van der Waals surface area (Å²) in [6.07, 6.45) is 16.4. The second kappa shape index (κ2) is 8.97. The van der Waals surface area contributed by atoms with E-state index in [2.05, 4.69) is 25.4 Å². The zero-order valence-corrected chi connectivity index (χ0v) is 16.3. The molecule has 1 N–H and O–H groups in total. The average Bonchev–Trinajstić information content (AvgIpc) is 3.25. The van der Waals surface area contributed by atoms with Gasteiger partial charge in [-0.1, -0.05) is 0 Å². The quantitative estimate of drug-likeness (QED) is 0.647. The molecule has 1 aliphatic rings. The van der Waals surface area contributed by atoms with Crippen LogP contribution in [0.5, 0.6) is 0 Å². The van der Waals surface area contributed by atoms with Crippen molar-refractivity contribution in [1.82, 2.24) is 30.0 Å². The molecule has 8 heteroatoms. The lowest BCUT2D eigenvalue weighted by Gasteiger charge is -2.29. The van der Waals surface area contributed by atoms with Crippen molar-refractivity contribution in [1.29, 1.82) is 0 Å². The lowest BCUT2D eigenvalue weighted by molar-refractivity contribution is -0.119. The third-order valence-electron chi connectivity index (χ3n) is 4.92. The van der Waals surface area contributed by atoms with E-state index in [9.17, 15) is 4.79 Å². The fraction of sp³-hybridized carbons (Fsp3) is 0.350. The van der Waals surface area contributed by atoms with Gasteiger partial charge in [-0.3, -0.25) is 24.4 Å². The van der Waals surface area contributed by atoms with E-state index in [1.165, 1.54) is 11.8 Å². The number of pyridine rings is 1. The molecule has 144 valence electrons.